The predicted molar refractivity (Wildman–Crippen MR) is 84.4 cm³/mol. The van der Waals surface area contributed by atoms with Crippen LogP contribution in [0.4, 0.5) is 0 Å². The molecular weight excluding hydrogens is 310 g/mol. The van der Waals surface area contributed by atoms with Crippen molar-refractivity contribution in [3.05, 3.63) is 0 Å². The van der Waals surface area contributed by atoms with Crippen LogP contribution in [-0.4, -0.2) is 69.2 Å². The Morgan fingerprint density at radius 1 is 0.727 bits per heavy atom. The fourth-order valence-electron chi connectivity index (χ4n) is 1.27. The first kappa shape index (κ1) is 20.2. The molecule has 0 spiro atoms. The standard InChI is InChI=1S/C12H23N5O4S/c1-13-3-2-4-14-9(18)5-15-10(19)6-16-11(20)7-17-12(21)8-22/h13,22H,2-8H2,1H3,(H,14,18)(H,15,19)(H,16,20)(H,17,21). The Hall–Kier alpha value is -1.81. The number of hydrogen-bond donors (Lipinski definition) is 6. The Morgan fingerprint density at radius 3 is 1.64 bits per heavy atom. The minimum Gasteiger partial charge on any atom is -0.355 e. The molecule has 4 amide bonds. The molecule has 0 aliphatic carbocycles. The van der Waals surface area contributed by atoms with Crippen LogP contribution in [0.2, 0.25) is 0 Å². The molecule has 0 aromatic rings. The SMILES string of the molecule is CNCCCNC(=O)CNC(=O)CNC(=O)CNC(=O)CS. The number of carbonyl (C=O) groups excluding carboxylic acids is 4. The number of thiol groups is 1. The van der Waals surface area contributed by atoms with E-state index >= 15 is 0 Å². The van der Waals surface area contributed by atoms with E-state index < -0.39 is 11.8 Å². The highest BCUT2D eigenvalue weighted by Crippen LogP contribution is 1.75. The van der Waals surface area contributed by atoms with E-state index in [0.717, 1.165) is 13.0 Å². The van der Waals surface area contributed by atoms with Gasteiger partial charge in [0.25, 0.3) is 0 Å². The lowest BCUT2D eigenvalue weighted by Crippen LogP contribution is -2.44. The van der Waals surface area contributed by atoms with E-state index in [2.05, 4.69) is 39.2 Å². The normalized spacial score (nSPS) is 9.73. The first-order valence-electron chi connectivity index (χ1n) is 6.81. The second-order valence-electron chi connectivity index (χ2n) is 4.30. The van der Waals surface area contributed by atoms with Crippen LogP contribution >= 0.6 is 12.6 Å². The van der Waals surface area contributed by atoms with Gasteiger partial charge in [-0.2, -0.15) is 12.6 Å². The minimum absolute atomic E-state index is 0.0167. The molecule has 0 bridgehead atoms. The van der Waals surface area contributed by atoms with Gasteiger partial charge in [0.2, 0.25) is 23.6 Å². The van der Waals surface area contributed by atoms with Crippen LogP contribution in [0.25, 0.3) is 0 Å². The third-order valence-corrected chi connectivity index (χ3v) is 2.69. The highest BCUT2D eigenvalue weighted by Gasteiger charge is 2.08. The number of nitrogens with one attached hydrogen (secondary N) is 5. The molecule has 0 heterocycles. The Kier molecular flexibility index (Phi) is 11.8. The Labute approximate surface area is 134 Å². The first-order valence-corrected chi connectivity index (χ1v) is 7.45. The van der Waals surface area contributed by atoms with Gasteiger partial charge >= 0.3 is 0 Å². The lowest BCUT2D eigenvalue weighted by molar-refractivity contribution is -0.128. The van der Waals surface area contributed by atoms with Crippen molar-refractivity contribution in [1.29, 1.82) is 0 Å². The summed E-state index contributed by atoms with van der Waals surface area (Å²) in [5, 5.41) is 12.6. The summed E-state index contributed by atoms with van der Waals surface area (Å²) >= 11 is 3.74. The second-order valence-corrected chi connectivity index (χ2v) is 4.61. The molecule has 22 heavy (non-hydrogen) atoms. The van der Waals surface area contributed by atoms with E-state index in [0.29, 0.717) is 6.54 Å². The highest BCUT2D eigenvalue weighted by atomic mass is 32.1. The summed E-state index contributed by atoms with van der Waals surface area (Å²) in [5.74, 6) is -1.67. The molecule has 0 fully saturated rings. The van der Waals surface area contributed by atoms with Crippen molar-refractivity contribution in [1.82, 2.24) is 26.6 Å². The van der Waals surface area contributed by atoms with E-state index in [4.69, 9.17) is 0 Å². The van der Waals surface area contributed by atoms with Crippen LogP contribution in [0.15, 0.2) is 0 Å². The summed E-state index contributed by atoms with van der Waals surface area (Å²) in [4.78, 5) is 44.9. The van der Waals surface area contributed by atoms with Crippen molar-refractivity contribution in [3.63, 3.8) is 0 Å². The topological polar surface area (TPSA) is 128 Å². The zero-order chi connectivity index (χ0) is 16.8. The van der Waals surface area contributed by atoms with Crippen molar-refractivity contribution in [2.24, 2.45) is 0 Å². The molecule has 0 atom stereocenters. The number of carbonyl (C=O) groups is 4. The van der Waals surface area contributed by atoms with Crippen LogP contribution < -0.4 is 26.6 Å². The minimum atomic E-state index is -0.498. The van der Waals surface area contributed by atoms with Crippen LogP contribution in [0.1, 0.15) is 6.42 Å². The maximum Gasteiger partial charge on any atom is 0.239 e. The smallest absolute Gasteiger partial charge is 0.239 e. The average molecular weight is 333 g/mol. The van der Waals surface area contributed by atoms with Gasteiger partial charge in [0.05, 0.1) is 25.4 Å². The zero-order valence-electron chi connectivity index (χ0n) is 12.5. The van der Waals surface area contributed by atoms with Gasteiger partial charge in [-0.15, -0.1) is 0 Å². The van der Waals surface area contributed by atoms with Gasteiger partial charge in [-0.3, -0.25) is 19.2 Å². The van der Waals surface area contributed by atoms with E-state index in [-0.39, 0.29) is 37.2 Å². The van der Waals surface area contributed by atoms with Crippen LogP contribution in [0.5, 0.6) is 0 Å². The van der Waals surface area contributed by atoms with Crippen molar-refractivity contribution in [2.75, 3.05) is 45.5 Å². The molecular formula is C12H23N5O4S. The molecule has 0 aromatic carbocycles. The van der Waals surface area contributed by atoms with Crippen molar-refractivity contribution < 1.29 is 19.2 Å². The Balaban J connectivity index is 3.66. The summed E-state index contributed by atoms with van der Waals surface area (Å²) in [7, 11) is 1.82. The van der Waals surface area contributed by atoms with Crippen molar-refractivity contribution in [2.45, 2.75) is 6.42 Å². The van der Waals surface area contributed by atoms with Crippen LogP contribution in [0, 0.1) is 0 Å². The van der Waals surface area contributed by atoms with Crippen molar-refractivity contribution in [3.8, 4) is 0 Å². The summed E-state index contributed by atoms with van der Waals surface area (Å²) in [6, 6.07) is 0. The van der Waals surface area contributed by atoms with E-state index in [9.17, 15) is 19.2 Å². The van der Waals surface area contributed by atoms with Gasteiger partial charge in [0, 0.05) is 6.54 Å². The predicted octanol–water partition coefficient (Wildman–Crippen LogP) is -3.01. The quantitative estimate of drug-likeness (QED) is 0.177. The lowest BCUT2D eigenvalue weighted by atomic mass is 10.4. The monoisotopic (exact) mass is 333 g/mol. The summed E-state index contributed by atoms with van der Waals surface area (Å²) in [5.41, 5.74) is 0. The number of amides is 4. The largest absolute Gasteiger partial charge is 0.355 e. The molecule has 0 aliphatic heterocycles. The van der Waals surface area contributed by atoms with Crippen LogP contribution in [0.3, 0.4) is 0 Å². The summed E-state index contributed by atoms with van der Waals surface area (Å²) < 4.78 is 0. The van der Waals surface area contributed by atoms with Gasteiger partial charge in [-0.25, -0.2) is 0 Å². The average Bonchev–Trinajstić information content (AvgIpc) is 2.52. The fourth-order valence-corrected chi connectivity index (χ4v) is 1.38. The molecule has 126 valence electrons. The Bertz CT molecular complexity index is 392. The van der Waals surface area contributed by atoms with Gasteiger partial charge < -0.3 is 26.6 Å². The third kappa shape index (κ3) is 12.0. The second kappa shape index (κ2) is 12.9. The van der Waals surface area contributed by atoms with E-state index in [1.54, 1.807) is 0 Å². The molecule has 10 heteroatoms. The summed E-state index contributed by atoms with van der Waals surface area (Å²) in [6.07, 6.45) is 0.796. The zero-order valence-corrected chi connectivity index (χ0v) is 13.4. The number of rotatable bonds is 11. The highest BCUT2D eigenvalue weighted by molar-refractivity contribution is 7.81. The maximum absolute atomic E-state index is 11.4. The van der Waals surface area contributed by atoms with Gasteiger partial charge in [0.1, 0.15) is 0 Å². The number of hydrogen-bond acceptors (Lipinski definition) is 6. The maximum atomic E-state index is 11.4. The lowest BCUT2D eigenvalue weighted by Gasteiger charge is -2.08. The van der Waals surface area contributed by atoms with E-state index in [1.165, 1.54) is 0 Å². The van der Waals surface area contributed by atoms with Gasteiger partial charge in [-0.05, 0) is 20.0 Å². The molecule has 0 saturated heterocycles. The molecule has 9 nitrogen and oxygen atoms in total. The molecule has 0 aliphatic rings. The molecule has 0 saturated carbocycles. The molecule has 0 aromatic heterocycles. The summed E-state index contributed by atoms with van der Waals surface area (Å²) in [6.45, 7) is 0.686. The molecule has 0 radical (unpaired) electrons. The fraction of sp³-hybridized carbons (Fsp3) is 0.667. The van der Waals surface area contributed by atoms with Crippen molar-refractivity contribution >= 4 is 36.3 Å². The first-order chi connectivity index (χ1) is 10.5. The molecule has 0 unspecified atom stereocenters. The van der Waals surface area contributed by atoms with E-state index in [1.807, 2.05) is 7.05 Å². The van der Waals surface area contributed by atoms with Gasteiger partial charge in [-0.1, -0.05) is 0 Å². The molecule has 0 rings (SSSR count). The Morgan fingerprint density at radius 2 is 1.18 bits per heavy atom. The van der Waals surface area contributed by atoms with Crippen LogP contribution in [-0.2, 0) is 19.2 Å². The molecule has 5 N–H and O–H groups in total. The van der Waals surface area contributed by atoms with Gasteiger partial charge in [0.15, 0.2) is 0 Å². The third-order valence-electron chi connectivity index (χ3n) is 2.41.